The average molecular weight is 323 g/mol. The van der Waals surface area contributed by atoms with E-state index in [1.165, 1.54) is 0 Å². The summed E-state index contributed by atoms with van der Waals surface area (Å²) in [7, 11) is 0. The molecular weight excluding hydrogens is 311 g/mol. The van der Waals surface area contributed by atoms with Crippen molar-refractivity contribution in [2.45, 2.75) is 19.0 Å². The number of halogens is 3. The molecule has 1 aliphatic heterocycles. The maximum Gasteiger partial charge on any atom is 0.433 e. The van der Waals surface area contributed by atoms with Crippen molar-refractivity contribution in [3.05, 3.63) is 42.2 Å². The minimum atomic E-state index is -4.56. The molecule has 1 fully saturated rings. The average Bonchev–Trinajstić information content (AvgIpc) is 2.93. The molecule has 0 spiro atoms. The van der Waals surface area contributed by atoms with Crippen molar-refractivity contribution in [1.82, 2.24) is 9.97 Å². The van der Waals surface area contributed by atoms with Gasteiger partial charge in [-0.3, -0.25) is 4.79 Å². The Morgan fingerprint density at radius 1 is 1.22 bits per heavy atom. The van der Waals surface area contributed by atoms with Crippen LogP contribution >= 0.6 is 0 Å². The van der Waals surface area contributed by atoms with E-state index in [0.717, 1.165) is 18.7 Å². The molecule has 1 aromatic heterocycles. The smallest absolute Gasteiger partial charge is 0.424 e. The molecule has 0 bridgehead atoms. The van der Waals surface area contributed by atoms with Crippen molar-refractivity contribution in [3.8, 4) is 11.8 Å². The van der Waals surface area contributed by atoms with Crippen molar-refractivity contribution in [2.24, 2.45) is 0 Å². The monoisotopic (exact) mass is 323 g/mol. The molecule has 2 heterocycles. The number of ether oxygens (including phenoxy) is 1. The first-order valence-corrected chi connectivity index (χ1v) is 6.92. The number of rotatable bonds is 3. The predicted octanol–water partition coefficient (Wildman–Crippen LogP) is 3.41. The van der Waals surface area contributed by atoms with Crippen LogP contribution in [0.3, 0.4) is 0 Å². The number of nitrogens with zero attached hydrogens (tertiary/aromatic N) is 3. The lowest BCUT2D eigenvalue weighted by molar-refractivity contribution is -0.141. The van der Waals surface area contributed by atoms with Crippen LogP contribution in [0.5, 0.6) is 11.8 Å². The molecule has 23 heavy (non-hydrogen) atoms. The number of hydrogen-bond acceptors (Lipinski definition) is 4. The van der Waals surface area contributed by atoms with E-state index in [1.807, 2.05) is 0 Å². The van der Waals surface area contributed by atoms with E-state index in [-0.39, 0.29) is 11.7 Å². The van der Waals surface area contributed by atoms with E-state index in [1.54, 1.807) is 29.2 Å². The summed E-state index contributed by atoms with van der Waals surface area (Å²) in [6.07, 6.45) is -2.31. The van der Waals surface area contributed by atoms with Crippen molar-refractivity contribution >= 4 is 11.6 Å². The van der Waals surface area contributed by atoms with Gasteiger partial charge in [0.25, 0.3) is 0 Å². The summed E-state index contributed by atoms with van der Waals surface area (Å²) >= 11 is 0. The Hall–Kier alpha value is -2.64. The minimum Gasteiger partial charge on any atom is -0.424 e. The van der Waals surface area contributed by atoms with Gasteiger partial charge in [-0.25, -0.2) is 4.98 Å². The molecule has 2 aromatic rings. The molecular formula is C15H12F3N3O2. The molecule has 0 radical (unpaired) electrons. The van der Waals surface area contributed by atoms with Crippen LogP contribution in [0.2, 0.25) is 0 Å². The largest absolute Gasteiger partial charge is 0.433 e. The highest BCUT2D eigenvalue weighted by Crippen LogP contribution is 2.30. The van der Waals surface area contributed by atoms with Crippen LogP contribution in [0.25, 0.3) is 0 Å². The van der Waals surface area contributed by atoms with Gasteiger partial charge in [-0.1, -0.05) is 6.07 Å². The number of alkyl halides is 3. The summed E-state index contributed by atoms with van der Waals surface area (Å²) in [6, 6.07) is 6.91. The second-order valence-corrected chi connectivity index (χ2v) is 4.97. The van der Waals surface area contributed by atoms with Gasteiger partial charge in [-0.05, 0) is 24.6 Å². The predicted molar refractivity (Wildman–Crippen MR) is 75.1 cm³/mol. The van der Waals surface area contributed by atoms with E-state index in [4.69, 9.17) is 4.74 Å². The number of aromatic nitrogens is 2. The minimum absolute atomic E-state index is 0.0115. The standard InChI is InChI=1S/C15H12F3N3O2/c16-15(17,18)12-6-7-19-14(20-12)23-11-4-1-3-10(9-11)21-8-2-5-13(21)22/h1,3-4,6-7,9H,2,5,8H2. The molecule has 5 nitrogen and oxygen atoms in total. The topological polar surface area (TPSA) is 55.3 Å². The fraction of sp³-hybridized carbons (Fsp3) is 0.267. The van der Waals surface area contributed by atoms with E-state index >= 15 is 0 Å². The maximum absolute atomic E-state index is 12.6. The molecule has 0 N–H and O–H groups in total. The molecule has 0 atom stereocenters. The summed E-state index contributed by atoms with van der Waals surface area (Å²) in [5, 5.41) is 0. The second-order valence-electron chi connectivity index (χ2n) is 4.97. The van der Waals surface area contributed by atoms with Crippen LogP contribution in [0, 0.1) is 0 Å². The third-order valence-corrected chi connectivity index (χ3v) is 3.34. The Labute approximate surface area is 129 Å². The molecule has 0 aliphatic carbocycles. The van der Waals surface area contributed by atoms with Crippen LogP contribution in [-0.2, 0) is 11.0 Å². The molecule has 0 unspecified atom stereocenters. The summed E-state index contributed by atoms with van der Waals surface area (Å²) in [6.45, 7) is 0.613. The fourth-order valence-corrected chi connectivity index (χ4v) is 2.29. The van der Waals surface area contributed by atoms with Crippen molar-refractivity contribution in [2.75, 3.05) is 11.4 Å². The highest BCUT2D eigenvalue weighted by Gasteiger charge is 2.33. The van der Waals surface area contributed by atoms with E-state index in [9.17, 15) is 18.0 Å². The van der Waals surface area contributed by atoms with Crippen LogP contribution < -0.4 is 9.64 Å². The highest BCUT2D eigenvalue weighted by atomic mass is 19.4. The van der Waals surface area contributed by atoms with Gasteiger partial charge in [0.1, 0.15) is 5.75 Å². The Balaban J connectivity index is 1.82. The molecule has 0 saturated carbocycles. The zero-order valence-corrected chi connectivity index (χ0v) is 11.9. The van der Waals surface area contributed by atoms with Gasteiger partial charge in [0, 0.05) is 30.9 Å². The summed E-state index contributed by atoms with van der Waals surface area (Å²) in [5.41, 5.74) is -0.439. The third kappa shape index (κ3) is 3.41. The number of amides is 1. The lowest BCUT2D eigenvalue weighted by Crippen LogP contribution is -2.23. The van der Waals surface area contributed by atoms with Crippen LogP contribution in [-0.4, -0.2) is 22.4 Å². The number of hydrogen-bond donors (Lipinski definition) is 0. The van der Waals surface area contributed by atoms with Crippen molar-refractivity contribution in [1.29, 1.82) is 0 Å². The summed E-state index contributed by atoms with van der Waals surface area (Å²) in [5.74, 6) is 0.277. The Morgan fingerprint density at radius 3 is 2.74 bits per heavy atom. The Kier molecular flexibility index (Phi) is 3.89. The van der Waals surface area contributed by atoms with Gasteiger partial charge < -0.3 is 9.64 Å². The molecule has 3 rings (SSSR count). The van der Waals surface area contributed by atoms with Crippen LogP contribution in [0.15, 0.2) is 36.5 Å². The van der Waals surface area contributed by atoms with Gasteiger partial charge in [-0.15, -0.1) is 0 Å². The van der Waals surface area contributed by atoms with E-state index in [2.05, 4.69) is 9.97 Å². The number of carbonyl (C=O) groups is 1. The highest BCUT2D eigenvalue weighted by molar-refractivity contribution is 5.95. The lowest BCUT2D eigenvalue weighted by atomic mass is 10.3. The van der Waals surface area contributed by atoms with Gasteiger partial charge >= 0.3 is 12.2 Å². The van der Waals surface area contributed by atoms with Gasteiger partial charge in [0.15, 0.2) is 5.69 Å². The maximum atomic E-state index is 12.6. The van der Waals surface area contributed by atoms with Crippen LogP contribution in [0.1, 0.15) is 18.5 Å². The zero-order chi connectivity index (χ0) is 16.4. The molecule has 8 heteroatoms. The Morgan fingerprint density at radius 2 is 2.04 bits per heavy atom. The first-order chi connectivity index (χ1) is 10.9. The number of benzene rings is 1. The SMILES string of the molecule is O=C1CCCN1c1cccc(Oc2nccc(C(F)(F)F)n2)c1. The molecule has 1 aliphatic rings. The van der Waals surface area contributed by atoms with Crippen LogP contribution in [0.4, 0.5) is 18.9 Å². The fourth-order valence-electron chi connectivity index (χ4n) is 2.29. The summed E-state index contributed by atoms with van der Waals surface area (Å²) in [4.78, 5) is 20.4. The van der Waals surface area contributed by atoms with E-state index < -0.39 is 17.9 Å². The molecule has 1 aromatic carbocycles. The molecule has 1 saturated heterocycles. The van der Waals surface area contributed by atoms with Crippen molar-refractivity contribution in [3.63, 3.8) is 0 Å². The van der Waals surface area contributed by atoms with Gasteiger partial charge in [0.05, 0.1) is 0 Å². The first kappa shape index (κ1) is 15.3. The zero-order valence-electron chi connectivity index (χ0n) is 11.9. The molecule has 120 valence electrons. The van der Waals surface area contributed by atoms with Crippen molar-refractivity contribution < 1.29 is 22.7 Å². The van der Waals surface area contributed by atoms with Gasteiger partial charge in [0.2, 0.25) is 5.91 Å². The first-order valence-electron chi connectivity index (χ1n) is 6.92. The van der Waals surface area contributed by atoms with Gasteiger partial charge in [-0.2, -0.15) is 18.2 Å². The third-order valence-electron chi connectivity index (χ3n) is 3.34. The quantitative estimate of drug-likeness (QED) is 0.868. The number of carbonyl (C=O) groups excluding carboxylic acids is 1. The lowest BCUT2D eigenvalue weighted by Gasteiger charge is -2.16. The van der Waals surface area contributed by atoms with E-state index in [0.29, 0.717) is 18.7 Å². The Bertz CT molecular complexity index is 734. The normalized spacial score (nSPS) is 15.1. The number of anilines is 1. The summed E-state index contributed by atoms with van der Waals surface area (Å²) < 4.78 is 43.2. The second kappa shape index (κ2) is 5.86. The molecule has 1 amide bonds.